The zero-order valence-electron chi connectivity index (χ0n) is 18.3. The number of carboxylic acids is 1. The molecule has 168 valence electrons. The predicted octanol–water partition coefficient (Wildman–Crippen LogP) is 4.27. The molecule has 0 radical (unpaired) electrons. The molecule has 3 aromatic rings. The average Bonchev–Trinajstić information content (AvgIpc) is 3.15. The molecule has 0 bridgehead atoms. The minimum atomic E-state index is -1.04. The van der Waals surface area contributed by atoms with E-state index in [0.29, 0.717) is 5.69 Å². The highest BCUT2D eigenvalue weighted by atomic mass is 16.5. The Morgan fingerprint density at radius 1 is 0.939 bits per heavy atom. The molecule has 0 heterocycles. The van der Waals surface area contributed by atoms with E-state index in [1.807, 2.05) is 36.4 Å². The van der Waals surface area contributed by atoms with Crippen LogP contribution in [0.2, 0.25) is 0 Å². The van der Waals surface area contributed by atoms with E-state index in [1.165, 1.54) is 17.0 Å². The van der Waals surface area contributed by atoms with Crippen molar-refractivity contribution in [3.63, 3.8) is 0 Å². The number of nitrogens with zero attached hydrogens (tertiary/aromatic N) is 1. The SMILES string of the molecule is C[C@@H](NC(=O)OCC1c2ccccc2-c2ccccc21)C(=O)N(C)c1ccc(C(=O)O)cc1. The summed E-state index contributed by atoms with van der Waals surface area (Å²) in [6.07, 6.45) is -0.674. The standard InChI is InChI=1S/C26H24N2O5/c1-16(24(29)28(2)18-13-11-17(12-14-18)25(30)31)27-26(32)33-15-23-21-9-5-3-7-19(21)20-8-4-6-10-22(20)23/h3-14,16,23H,15H2,1-2H3,(H,27,32)(H,30,31)/t16-/m1/s1. The van der Waals surface area contributed by atoms with Gasteiger partial charge in [0.1, 0.15) is 12.6 Å². The molecule has 0 spiro atoms. The number of carbonyl (C=O) groups excluding carboxylic acids is 2. The Morgan fingerprint density at radius 2 is 1.48 bits per heavy atom. The molecule has 2 amide bonds. The lowest BCUT2D eigenvalue weighted by atomic mass is 9.98. The number of anilines is 1. The molecule has 0 saturated carbocycles. The van der Waals surface area contributed by atoms with Gasteiger partial charge in [-0.2, -0.15) is 0 Å². The van der Waals surface area contributed by atoms with Crippen molar-refractivity contribution in [2.45, 2.75) is 18.9 Å². The minimum absolute atomic E-state index is 0.0652. The Kier molecular flexibility index (Phi) is 6.13. The van der Waals surface area contributed by atoms with E-state index < -0.39 is 18.1 Å². The van der Waals surface area contributed by atoms with E-state index in [2.05, 4.69) is 17.4 Å². The van der Waals surface area contributed by atoms with Crippen molar-refractivity contribution in [1.29, 1.82) is 0 Å². The molecule has 0 saturated heterocycles. The highest BCUT2D eigenvalue weighted by Gasteiger charge is 2.29. The van der Waals surface area contributed by atoms with E-state index in [0.717, 1.165) is 22.3 Å². The third-order valence-corrected chi connectivity index (χ3v) is 5.88. The number of nitrogens with one attached hydrogen (secondary N) is 1. The number of benzene rings is 3. The van der Waals surface area contributed by atoms with Crippen molar-refractivity contribution in [3.8, 4) is 11.1 Å². The van der Waals surface area contributed by atoms with Gasteiger partial charge in [0.2, 0.25) is 5.91 Å². The topological polar surface area (TPSA) is 95.9 Å². The van der Waals surface area contributed by atoms with Gasteiger partial charge in [0.05, 0.1) is 5.56 Å². The van der Waals surface area contributed by atoms with Crippen LogP contribution < -0.4 is 10.2 Å². The van der Waals surface area contributed by atoms with Crippen molar-refractivity contribution in [3.05, 3.63) is 89.5 Å². The number of aromatic carboxylic acids is 1. The number of amides is 2. The third kappa shape index (κ3) is 4.43. The molecule has 2 N–H and O–H groups in total. The smallest absolute Gasteiger partial charge is 0.407 e. The summed E-state index contributed by atoms with van der Waals surface area (Å²) in [5.74, 6) is -1.46. The zero-order valence-corrected chi connectivity index (χ0v) is 18.3. The first-order valence-corrected chi connectivity index (χ1v) is 10.6. The molecule has 0 aromatic heterocycles. The van der Waals surface area contributed by atoms with Crippen LogP contribution in [0.25, 0.3) is 11.1 Å². The fraction of sp³-hybridized carbons (Fsp3) is 0.192. The Balaban J connectivity index is 1.37. The average molecular weight is 444 g/mol. The zero-order chi connectivity index (χ0) is 23.5. The molecule has 1 atom stereocenters. The summed E-state index contributed by atoms with van der Waals surface area (Å²) in [7, 11) is 1.56. The molecule has 3 aromatic carbocycles. The molecule has 1 aliphatic rings. The minimum Gasteiger partial charge on any atom is -0.478 e. The summed E-state index contributed by atoms with van der Waals surface area (Å²) in [5.41, 5.74) is 5.15. The normalized spacial score (nSPS) is 12.9. The summed E-state index contributed by atoms with van der Waals surface area (Å²) in [4.78, 5) is 37.5. The highest BCUT2D eigenvalue weighted by Crippen LogP contribution is 2.44. The van der Waals surface area contributed by atoms with Gasteiger partial charge in [-0.1, -0.05) is 48.5 Å². The molecular formula is C26H24N2O5. The highest BCUT2D eigenvalue weighted by molar-refractivity contribution is 5.98. The number of likely N-dealkylation sites (N-methyl/N-ethyl adjacent to an activating group) is 1. The lowest BCUT2D eigenvalue weighted by Gasteiger charge is -2.22. The maximum absolute atomic E-state index is 12.7. The van der Waals surface area contributed by atoms with Crippen LogP contribution in [0.4, 0.5) is 10.5 Å². The summed E-state index contributed by atoms with van der Waals surface area (Å²) >= 11 is 0. The van der Waals surface area contributed by atoms with Gasteiger partial charge in [0.25, 0.3) is 0 Å². The summed E-state index contributed by atoms with van der Waals surface area (Å²) in [5, 5.41) is 11.6. The Hall–Kier alpha value is -4.13. The number of ether oxygens (including phenoxy) is 1. The van der Waals surface area contributed by atoms with Gasteiger partial charge in [0, 0.05) is 18.7 Å². The molecule has 0 aliphatic heterocycles. The van der Waals surface area contributed by atoms with Gasteiger partial charge in [0.15, 0.2) is 0 Å². The van der Waals surface area contributed by atoms with Gasteiger partial charge in [-0.15, -0.1) is 0 Å². The van der Waals surface area contributed by atoms with Gasteiger partial charge in [-0.05, 0) is 53.4 Å². The van der Waals surface area contributed by atoms with Crippen LogP contribution in [0.5, 0.6) is 0 Å². The van der Waals surface area contributed by atoms with Crippen molar-refractivity contribution < 1.29 is 24.2 Å². The Labute approximate surface area is 191 Å². The van der Waals surface area contributed by atoms with Gasteiger partial charge >= 0.3 is 12.1 Å². The number of rotatable bonds is 6. The first kappa shape index (κ1) is 22.1. The maximum Gasteiger partial charge on any atom is 0.407 e. The van der Waals surface area contributed by atoms with Crippen molar-refractivity contribution in [1.82, 2.24) is 5.32 Å². The maximum atomic E-state index is 12.7. The third-order valence-electron chi connectivity index (χ3n) is 5.88. The number of carbonyl (C=O) groups is 3. The van der Waals surface area contributed by atoms with Crippen LogP contribution in [0.15, 0.2) is 72.8 Å². The monoisotopic (exact) mass is 444 g/mol. The number of fused-ring (bicyclic) bond motifs is 3. The van der Waals surface area contributed by atoms with E-state index in [1.54, 1.807) is 26.1 Å². The predicted molar refractivity (Wildman–Crippen MR) is 124 cm³/mol. The quantitative estimate of drug-likeness (QED) is 0.592. The van der Waals surface area contributed by atoms with Gasteiger partial charge < -0.3 is 20.1 Å². The summed E-state index contributed by atoms with van der Waals surface area (Å²) in [6, 6.07) is 21.2. The number of alkyl carbamates (subject to hydrolysis) is 1. The number of hydrogen-bond donors (Lipinski definition) is 2. The summed E-state index contributed by atoms with van der Waals surface area (Å²) in [6.45, 7) is 1.74. The van der Waals surface area contributed by atoms with E-state index >= 15 is 0 Å². The number of hydrogen-bond acceptors (Lipinski definition) is 4. The lowest BCUT2D eigenvalue weighted by Crippen LogP contribution is -2.46. The molecule has 0 fully saturated rings. The molecule has 0 unspecified atom stereocenters. The van der Waals surface area contributed by atoms with Crippen LogP contribution in [0.3, 0.4) is 0 Å². The number of carboxylic acid groups (broad SMARTS) is 1. The van der Waals surface area contributed by atoms with E-state index in [-0.39, 0.29) is 24.0 Å². The molecule has 1 aliphatic carbocycles. The molecular weight excluding hydrogens is 420 g/mol. The molecule has 7 nitrogen and oxygen atoms in total. The molecule has 4 rings (SSSR count). The largest absolute Gasteiger partial charge is 0.478 e. The Morgan fingerprint density at radius 3 is 2.03 bits per heavy atom. The van der Waals surface area contributed by atoms with E-state index in [9.17, 15) is 14.4 Å². The van der Waals surface area contributed by atoms with E-state index in [4.69, 9.17) is 9.84 Å². The first-order chi connectivity index (χ1) is 15.9. The fourth-order valence-electron chi connectivity index (χ4n) is 4.12. The fourth-order valence-corrected chi connectivity index (χ4v) is 4.12. The van der Waals surface area contributed by atoms with Gasteiger partial charge in [-0.3, -0.25) is 4.79 Å². The molecule has 7 heteroatoms. The van der Waals surface area contributed by atoms with Crippen molar-refractivity contribution in [2.24, 2.45) is 0 Å². The van der Waals surface area contributed by atoms with Crippen LogP contribution in [-0.4, -0.2) is 42.8 Å². The molecule has 33 heavy (non-hydrogen) atoms. The van der Waals surface area contributed by atoms with Crippen LogP contribution in [0, 0.1) is 0 Å². The van der Waals surface area contributed by atoms with Crippen molar-refractivity contribution in [2.75, 3.05) is 18.6 Å². The van der Waals surface area contributed by atoms with Crippen LogP contribution in [-0.2, 0) is 9.53 Å². The van der Waals surface area contributed by atoms with Crippen molar-refractivity contribution >= 4 is 23.7 Å². The second-order valence-corrected chi connectivity index (χ2v) is 7.94. The lowest BCUT2D eigenvalue weighted by molar-refractivity contribution is -0.119. The Bertz CT molecular complexity index is 1160. The summed E-state index contributed by atoms with van der Waals surface area (Å²) < 4.78 is 5.50. The van der Waals surface area contributed by atoms with Gasteiger partial charge in [-0.25, -0.2) is 9.59 Å². The van der Waals surface area contributed by atoms with Crippen LogP contribution >= 0.6 is 0 Å². The first-order valence-electron chi connectivity index (χ1n) is 10.6. The second-order valence-electron chi connectivity index (χ2n) is 7.94. The second kappa shape index (κ2) is 9.16. The van der Waals surface area contributed by atoms with Crippen LogP contribution in [0.1, 0.15) is 34.3 Å².